The summed E-state index contributed by atoms with van der Waals surface area (Å²) in [6.45, 7) is 0. The Kier molecular flexibility index (Phi) is 5.64. The van der Waals surface area contributed by atoms with Gasteiger partial charge in [0.25, 0.3) is 0 Å². The van der Waals surface area contributed by atoms with Gasteiger partial charge in [0, 0.05) is 12.3 Å². The third-order valence-corrected chi connectivity index (χ3v) is 3.11. The van der Waals surface area contributed by atoms with Gasteiger partial charge in [-0.05, 0) is 11.6 Å². The molecular formula is C10H13ClF3NO2S. The molecule has 1 aromatic carbocycles. The highest BCUT2D eigenvalue weighted by atomic mass is 35.5. The molecule has 0 aromatic heterocycles. The van der Waals surface area contributed by atoms with E-state index >= 15 is 0 Å². The molecule has 0 spiro atoms. The van der Waals surface area contributed by atoms with Crippen molar-refractivity contribution < 1.29 is 21.6 Å². The minimum absolute atomic E-state index is 0. The number of hydrogen-bond donors (Lipinski definition) is 1. The van der Waals surface area contributed by atoms with Gasteiger partial charge >= 0.3 is 6.18 Å². The first-order valence-corrected chi connectivity index (χ1v) is 6.77. The molecule has 1 unspecified atom stereocenters. The molecule has 0 aliphatic heterocycles. The van der Waals surface area contributed by atoms with Gasteiger partial charge in [0.1, 0.15) is 9.84 Å². The molecule has 3 nitrogen and oxygen atoms in total. The summed E-state index contributed by atoms with van der Waals surface area (Å²) in [4.78, 5) is 0. The van der Waals surface area contributed by atoms with Gasteiger partial charge in [-0.15, -0.1) is 12.4 Å². The van der Waals surface area contributed by atoms with E-state index in [0.29, 0.717) is 0 Å². The van der Waals surface area contributed by atoms with Crippen LogP contribution in [-0.2, 0) is 16.0 Å². The summed E-state index contributed by atoms with van der Waals surface area (Å²) in [7, 11) is -3.43. The lowest BCUT2D eigenvalue weighted by Crippen LogP contribution is -2.24. The maximum atomic E-state index is 12.6. The molecule has 8 heteroatoms. The second-order valence-electron chi connectivity index (χ2n) is 3.78. The largest absolute Gasteiger partial charge is 0.416 e. The van der Waals surface area contributed by atoms with Crippen molar-refractivity contribution in [1.82, 2.24) is 0 Å². The number of benzene rings is 1. The van der Waals surface area contributed by atoms with Crippen LogP contribution in [0.25, 0.3) is 0 Å². The summed E-state index contributed by atoms with van der Waals surface area (Å²) in [5.41, 5.74) is 4.40. The zero-order chi connectivity index (χ0) is 13.3. The fourth-order valence-electron chi connectivity index (χ4n) is 1.49. The summed E-state index contributed by atoms with van der Waals surface area (Å²) >= 11 is 0. The minimum atomic E-state index is -4.54. The fraction of sp³-hybridized carbons (Fsp3) is 0.400. The zero-order valence-electron chi connectivity index (χ0n) is 9.44. The Morgan fingerprint density at radius 1 is 1.28 bits per heavy atom. The first-order valence-electron chi connectivity index (χ1n) is 4.70. The third-order valence-electron chi connectivity index (χ3n) is 2.15. The summed E-state index contributed by atoms with van der Waals surface area (Å²) in [6.07, 6.45) is -3.60. The Morgan fingerprint density at radius 2 is 1.78 bits per heavy atom. The number of alkyl halides is 3. The van der Waals surface area contributed by atoms with Gasteiger partial charge in [-0.25, -0.2) is 8.42 Å². The van der Waals surface area contributed by atoms with Crippen LogP contribution in [0, 0.1) is 0 Å². The van der Waals surface area contributed by atoms with Crippen molar-refractivity contribution in [3.8, 4) is 0 Å². The molecule has 0 bridgehead atoms. The number of hydrogen-bond acceptors (Lipinski definition) is 3. The van der Waals surface area contributed by atoms with E-state index in [-0.39, 0.29) is 18.0 Å². The van der Waals surface area contributed by atoms with Gasteiger partial charge in [0.15, 0.2) is 0 Å². The highest BCUT2D eigenvalue weighted by Crippen LogP contribution is 2.34. The maximum Gasteiger partial charge on any atom is 0.416 e. The van der Waals surface area contributed by atoms with Crippen LogP contribution in [-0.4, -0.2) is 20.4 Å². The highest BCUT2D eigenvalue weighted by molar-refractivity contribution is 7.90. The quantitative estimate of drug-likeness (QED) is 0.931. The third kappa shape index (κ3) is 4.83. The van der Waals surface area contributed by atoms with Gasteiger partial charge in [-0.2, -0.15) is 13.2 Å². The topological polar surface area (TPSA) is 60.2 Å². The van der Waals surface area contributed by atoms with E-state index in [2.05, 4.69) is 0 Å². The average molecular weight is 304 g/mol. The van der Waals surface area contributed by atoms with E-state index in [1.165, 1.54) is 18.2 Å². The number of rotatable bonds is 3. The Hall–Kier alpha value is -0.790. The smallest absolute Gasteiger partial charge is 0.323 e. The van der Waals surface area contributed by atoms with Crippen molar-refractivity contribution in [2.24, 2.45) is 5.73 Å². The van der Waals surface area contributed by atoms with Crippen LogP contribution < -0.4 is 5.73 Å². The van der Waals surface area contributed by atoms with Gasteiger partial charge in [0.05, 0.1) is 11.3 Å². The first-order chi connectivity index (χ1) is 7.61. The van der Waals surface area contributed by atoms with Crippen LogP contribution in [0.3, 0.4) is 0 Å². The molecule has 1 aromatic rings. The standard InChI is InChI=1S/C10H12F3NO2S.ClH/c1-17(15,16)6-9(14)7-4-2-3-5-8(7)10(11,12)13;/h2-5,9H,6,14H2,1H3;1H. The summed E-state index contributed by atoms with van der Waals surface area (Å²) in [5.74, 6) is -0.514. The normalized spacial score (nSPS) is 13.8. The van der Waals surface area contributed by atoms with E-state index in [4.69, 9.17) is 5.73 Å². The number of sulfone groups is 1. The summed E-state index contributed by atoms with van der Waals surface area (Å²) in [5, 5.41) is 0. The van der Waals surface area contributed by atoms with Crippen molar-refractivity contribution in [2.75, 3.05) is 12.0 Å². The van der Waals surface area contributed by atoms with Crippen LogP contribution in [0.4, 0.5) is 13.2 Å². The number of nitrogens with two attached hydrogens (primary N) is 1. The molecule has 2 N–H and O–H groups in total. The van der Waals surface area contributed by atoms with Gasteiger partial charge in [-0.1, -0.05) is 18.2 Å². The second kappa shape index (κ2) is 5.90. The molecule has 0 fully saturated rings. The summed E-state index contributed by atoms with van der Waals surface area (Å²) in [6, 6.07) is 3.53. The Balaban J connectivity index is 0.00000289. The summed E-state index contributed by atoms with van der Waals surface area (Å²) < 4.78 is 59.9. The van der Waals surface area contributed by atoms with E-state index < -0.39 is 33.4 Å². The predicted octanol–water partition coefficient (Wildman–Crippen LogP) is 2.17. The van der Waals surface area contributed by atoms with Crippen LogP contribution in [0.1, 0.15) is 17.2 Å². The van der Waals surface area contributed by atoms with Crippen LogP contribution in [0.5, 0.6) is 0 Å². The van der Waals surface area contributed by atoms with Gasteiger partial charge < -0.3 is 5.73 Å². The SMILES string of the molecule is CS(=O)(=O)CC(N)c1ccccc1C(F)(F)F.Cl. The molecule has 0 saturated carbocycles. The molecule has 0 heterocycles. The highest BCUT2D eigenvalue weighted by Gasteiger charge is 2.34. The van der Waals surface area contributed by atoms with E-state index in [1.54, 1.807) is 0 Å². The van der Waals surface area contributed by atoms with E-state index in [9.17, 15) is 21.6 Å². The molecule has 0 radical (unpaired) electrons. The minimum Gasteiger partial charge on any atom is -0.323 e. The van der Waals surface area contributed by atoms with E-state index in [1.807, 2.05) is 0 Å². The van der Waals surface area contributed by atoms with Crippen LogP contribution in [0.15, 0.2) is 24.3 Å². The van der Waals surface area contributed by atoms with Gasteiger partial charge in [-0.3, -0.25) is 0 Å². The van der Waals surface area contributed by atoms with Crippen molar-refractivity contribution in [1.29, 1.82) is 0 Å². The van der Waals surface area contributed by atoms with Crippen molar-refractivity contribution >= 4 is 22.2 Å². The molecule has 1 rings (SSSR count). The zero-order valence-corrected chi connectivity index (χ0v) is 11.1. The monoisotopic (exact) mass is 303 g/mol. The molecule has 0 saturated heterocycles. The van der Waals surface area contributed by atoms with Crippen LogP contribution >= 0.6 is 12.4 Å². The van der Waals surface area contributed by atoms with Crippen molar-refractivity contribution in [3.63, 3.8) is 0 Å². The lowest BCUT2D eigenvalue weighted by molar-refractivity contribution is -0.138. The molecule has 104 valence electrons. The molecular weight excluding hydrogens is 291 g/mol. The fourth-order valence-corrected chi connectivity index (χ4v) is 2.33. The molecule has 0 aliphatic carbocycles. The Labute approximate surface area is 110 Å². The predicted molar refractivity (Wildman–Crippen MR) is 65.3 cm³/mol. The maximum absolute atomic E-state index is 12.6. The molecule has 0 amide bonds. The van der Waals surface area contributed by atoms with E-state index in [0.717, 1.165) is 12.3 Å². The van der Waals surface area contributed by atoms with Crippen molar-refractivity contribution in [2.45, 2.75) is 12.2 Å². The second-order valence-corrected chi connectivity index (χ2v) is 5.97. The van der Waals surface area contributed by atoms with Gasteiger partial charge in [0.2, 0.25) is 0 Å². The average Bonchev–Trinajstić information content (AvgIpc) is 2.13. The molecule has 18 heavy (non-hydrogen) atoms. The number of halogens is 4. The lowest BCUT2D eigenvalue weighted by Gasteiger charge is -2.17. The Bertz CT molecular complexity index is 502. The Morgan fingerprint density at radius 3 is 2.22 bits per heavy atom. The van der Waals surface area contributed by atoms with Crippen LogP contribution in [0.2, 0.25) is 0 Å². The van der Waals surface area contributed by atoms with Crippen molar-refractivity contribution in [3.05, 3.63) is 35.4 Å². The first kappa shape index (κ1) is 17.2. The molecule has 0 aliphatic rings. The lowest BCUT2D eigenvalue weighted by atomic mass is 10.0. The molecule has 1 atom stereocenters.